The van der Waals surface area contributed by atoms with E-state index in [0.717, 1.165) is 29.7 Å². The zero-order chi connectivity index (χ0) is 37.9. The molecule has 282 valence electrons. The number of aromatic hydroxyl groups is 5. The topological polar surface area (TPSA) is 158 Å². The molecule has 0 unspecified atom stereocenters. The number of allylic oxidation sites excluding steroid dienone is 3. The fourth-order valence-corrected chi connectivity index (χ4v) is 11.1. The number of nitrogens with zero attached hydrogens (tertiary/aromatic N) is 2. The second kappa shape index (κ2) is 13.7. The van der Waals surface area contributed by atoms with Crippen molar-refractivity contribution in [2.24, 2.45) is 44.5 Å². The Kier molecular flexibility index (Phi) is 8.82. The number of rotatable bonds is 10. The minimum Gasteiger partial charge on any atom is -0.507 e. The smallest absolute Gasteiger partial charge is 0.169 e. The Bertz CT molecular complexity index is 2300. The van der Waals surface area contributed by atoms with Crippen LogP contribution in [0, 0.1) is 34.5 Å². The van der Waals surface area contributed by atoms with E-state index in [9.17, 15) is 30.6 Å². The van der Waals surface area contributed by atoms with Gasteiger partial charge in [-0.3, -0.25) is 9.98 Å². The molecule has 1 heterocycles. The quantitative estimate of drug-likeness (QED) is 0.0507. The molecule has 4 aliphatic carbocycles. The lowest BCUT2D eigenvalue weighted by molar-refractivity contribution is -0.108. The van der Waals surface area contributed by atoms with Crippen LogP contribution in [0.2, 0.25) is 0 Å². The third-order valence-corrected chi connectivity index (χ3v) is 13.4. The molecule has 1 aliphatic heterocycles. The number of fused-ring (bicyclic) bond motifs is 2. The maximum atomic E-state index is 11.8. The van der Waals surface area contributed by atoms with Gasteiger partial charge in [0.2, 0.25) is 0 Å². The first-order valence-electron chi connectivity index (χ1n) is 19.4. The number of hydrogen-bond donors (Lipinski definition) is 7. The SMILES string of the molecule is Oc1ccc(C=Cc2c(CCc3ccc(CNC[C@]4(C5=NCN=C5)C[C@H]5C=C[C@H]6CC[C@H]7C=C[C@H](O)[C@@H]4[C@@]76C5)cc3)c(O)c(O)c3c(O)cccc23)cc1O. The van der Waals surface area contributed by atoms with E-state index >= 15 is 0 Å². The van der Waals surface area contributed by atoms with Crippen molar-refractivity contribution in [1.82, 2.24) is 5.32 Å². The van der Waals surface area contributed by atoms with Gasteiger partial charge in [0.15, 0.2) is 23.0 Å². The number of aliphatic hydroxyl groups excluding tert-OH is 1. The van der Waals surface area contributed by atoms with Gasteiger partial charge in [-0.1, -0.05) is 78.9 Å². The van der Waals surface area contributed by atoms with Gasteiger partial charge in [-0.05, 0) is 108 Å². The van der Waals surface area contributed by atoms with Gasteiger partial charge < -0.3 is 36.0 Å². The Morgan fingerprint density at radius 1 is 0.764 bits per heavy atom. The lowest BCUT2D eigenvalue weighted by Gasteiger charge is -2.63. The van der Waals surface area contributed by atoms with Crippen molar-refractivity contribution in [2.75, 3.05) is 13.2 Å². The number of nitrogens with one attached hydrogen (secondary N) is 1. The van der Waals surface area contributed by atoms with Crippen molar-refractivity contribution in [3.63, 3.8) is 0 Å². The van der Waals surface area contributed by atoms with Crippen molar-refractivity contribution in [1.29, 1.82) is 0 Å². The van der Waals surface area contributed by atoms with Crippen molar-refractivity contribution in [3.05, 3.63) is 113 Å². The second-order valence-corrected chi connectivity index (χ2v) is 16.3. The van der Waals surface area contributed by atoms with Crippen LogP contribution in [0.15, 0.2) is 95.0 Å². The summed E-state index contributed by atoms with van der Waals surface area (Å²) in [5.41, 5.74) is 4.75. The molecule has 2 saturated carbocycles. The summed E-state index contributed by atoms with van der Waals surface area (Å²) in [4.78, 5) is 9.47. The summed E-state index contributed by atoms with van der Waals surface area (Å²) in [6, 6.07) is 17.9. The molecule has 55 heavy (non-hydrogen) atoms. The summed E-state index contributed by atoms with van der Waals surface area (Å²) in [7, 11) is 0. The molecule has 9 nitrogen and oxygen atoms in total. The molecule has 1 spiro atoms. The van der Waals surface area contributed by atoms with Gasteiger partial charge in [0.25, 0.3) is 0 Å². The van der Waals surface area contributed by atoms with E-state index in [1.807, 2.05) is 6.21 Å². The summed E-state index contributed by atoms with van der Waals surface area (Å²) in [6.07, 6.45) is 19.7. The monoisotopic (exact) mass is 737 g/mol. The summed E-state index contributed by atoms with van der Waals surface area (Å²) in [6.45, 7) is 1.83. The number of phenolic OH excluding ortho intramolecular Hbond substituents is 5. The van der Waals surface area contributed by atoms with Crippen LogP contribution < -0.4 is 5.32 Å². The van der Waals surface area contributed by atoms with Crippen molar-refractivity contribution in [2.45, 2.75) is 51.2 Å². The highest BCUT2D eigenvalue weighted by Gasteiger charge is 2.67. The maximum Gasteiger partial charge on any atom is 0.169 e. The number of aliphatic hydroxyl groups is 1. The molecule has 4 aromatic rings. The number of aryl methyl sites for hydroxylation is 1. The largest absolute Gasteiger partial charge is 0.507 e. The fraction of sp³-hybridized carbons (Fsp3) is 0.348. The normalized spacial score (nSPS) is 29.0. The van der Waals surface area contributed by atoms with Crippen LogP contribution in [0.4, 0.5) is 0 Å². The van der Waals surface area contributed by atoms with Gasteiger partial charge in [0, 0.05) is 36.2 Å². The van der Waals surface area contributed by atoms with Crippen molar-refractivity contribution < 1.29 is 30.6 Å². The summed E-state index contributed by atoms with van der Waals surface area (Å²) in [5, 5.41) is 69.0. The average Bonchev–Trinajstić information content (AvgIpc) is 3.86. The van der Waals surface area contributed by atoms with E-state index in [1.165, 1.54) is 31.0 Å². The molecule has 7 atom stereocenters. The van der Waals surface area contributed by atoms with E-state index in [1.54, 1.807) is 30.4 Å². The standard InChI is InChI=1S/C46H47N3O6/c50-36-18-11-28(20-39(36)53)10-16-33-34-2-1-3-37(51)41(34)43(55)42(54)35(33)17-9-27-4-6-29(7-5-27)23-47-25-45(40-24-48-26-49-40)21-30-8-12-31-13-14-32-15-19-38(52)44(45)46(31,32)22-30/h1-8,10-12,15-16,18-20,24,30-32,38,44,47,50-55H,9,13-14,17,21-23,25-26H2/t30-,31+,32+,38+,44+,45+,46-/m1/s1. The zero-order valence-corrected chi connectivity index (χ0v) is 30.6. The molecule has 2 bridgehead atoms. The Morgan fingerprint density at radius 2 is 1.55 bits per heavy atom. The molecule has 0 radical (unpaired) electrons. The first-order chi connectivity index (χ1) is 26.7. The van der Waals surface area contributed by atoms with E-state index in [0.29, 0.717) is 72.4 Å². The molecular weight excluding hydrogens is 691 g/mol. The molecule has 7 N–H and O–H groups in total. The van der Waals surface area contributed by atoms with Crippen LogP contribution in [0.3, 0.4) is 0 Å². The number of aliphatic imine (C=N–C) groups is 2. The number of benzene rings is 4. The van der Waals surface area contributed by atoms with Gasteiger partial charge in [0.1, 0.15) is 12.4 Å². The van der Waals surface area contributed by atoms with Crippen LogP contribution in [-0.4, -0.2) is 61.9 Å². The van der Waals surface area contributed by atoms with Gasteiger partial charge in [-0.2, -0.15) is 0 Å². The van der Waals surface area contributed by atoms with E-state index < -0.39 is 6.10 Å². The molecule has 5 aliphatic rings. The van der Waals surface area contributed by atoms with Crippen molar-refractivity contribution in [3.8, 4) is 28.7 Å². The third-order valence-electron chi connectivity index (χ3n) is 13.4. The van der Waals surface area contributed by atoms with Crippen molar-refractivity contribution >= 4 is 34.9 Å². The predicted molar refractivity (Wildman–Crippen MR) is 216 cm³/mol. The van der Waals surface area contributed by atoms with Crippen LogP contribution >= 0.6 is 0 Å². The second-order valence-electron chi connectivity index (χ2n) is 16.3. The van der Waals surface area contributed by atoms with Crippen LogP contribution in [0.5, 0.6) is 28.7 Å². The lowest BCUT2D eigenvalue weighted by Crippen LogP contribution is -2.64. The highest BCUT2D eigenvalue weighted by Crippen LogP contribution is 2.69. The van der Waals surface area contributed by atoms with Gasteiger partial charge in [-0.15, -0.1) is 0 Å². The Balaban J connectivity index is 0.941. The van der Waals surface area contributed by atoms with Crippen LogP contribution in [0.1, 0.15) is 53.5 Å². The van der Waals surface area contributed by atoms with Crippen LogP contribution in [-0.2, 0) is 19.4 Å². The molecular formula is C46H47N3O6. The molecule has 4 aromatic carbocycles. The number of phenols is 5. The maximum absolute atomic E-state index is 11.8. The first-order valence-corrected chi connectivity index (χ1v) is 19.4. The van der Waals surface area contributed by atoms with Gasteiger partial charge in [-0.25, -0.2) is 0 Å². The summed E-state index contributed by atoms with van der Waals surface area (Å²) in [5.74, 6) is 0.227. The summed E-state index contributed by atoms with van der Waals surface area (Å²) >= 11 is 0. The molecule has 2 fully saturated rings. The first kappa shape index (κ1) is 35.3. The average molecular weight is 738 g/mol. The highest BCUT2D eigenvalue weighted by molar-refractivity contribution is 6.34. The Hall–Kier alpha value is -5.38. The Labute approximate surface area is 320 Å². The van der Waals surface area contributed by atoms with Crippen LogP contribution in [0.25, 0.3) is 22.9 Å². The minimum atomic E-state index is -0.519. The predicted octanol–water partition coefficient (Wildman–Crippen LogP) is 7.42. The molecule has 0 saturated heterocycles. The molecule has 0 aromatic heterocycles. The van der Waals surface area contributed by atoms with E-state index in [-0.39, 0.29) is 50.9 Å². The van der Waals surface area contributed by atoms with E-state index in [2.05, 4.69) is 58.9 Å². The third kappa shape index (κ3) is 5.83. The highest BCUT2D eigenvalue weighted by atomic mass is 16.3. The Morgan fingerprint density at radius 3 is 2.31 bits per heavy atom. The fourth-order valence-electron chi connectivity index (χ4n) is 11.1. The lowest BCUT2D eigenvalue weighted by atomic mass is 9.42. The molecule has 9 rings (SSSR count). The molecule has 0 amide bonds. The zero-order valence-electron chi connectivity index (χ0n) is 30.6. The number of hydrogen-bond acceptors (Lipinski definition) is 9. The van der Waals surface area contributed by atoms with Gasteiger partial charge >= 0.3 is 0 Å². The van der Waals surface area contributed by atoms with Gasteiger partial charge in [0.05, 0.1) is 17.2 Å². The van der Waals surface area contributed by atoms with E-state index in [4.69, 9.17) is 4.99 Å². The summed E-state index contributed by atoms with van der Waals surface area (Å²) < 4.78 is 0. The minimum absolute atomic E-state index is 0.0505. The molecule has 9 heteroatoms.